The Kier molecular flexibility index (Phi) is 7.57. The summed E-state index contributed by atoms with van der Waals surface area (Å²) in [5, 5.41) is 0. The normalized spacial score (nSPS) is 10.4. The third kappa shape index (κ3) is 10.9. The zero-order chi connectivity index (χ0) is 11.2. The van der Waals surface area contributed by atoms with Gasteiger partial charge in [0.15, 0.2) is 0 Å². The molecule has 14 heavy (non-hydrogen) atoms. The number of benzene rings is 1. The van der Waals surface area contributed by atoms with Gasteiger partial charge < -0.3 is 0 Å². The molecule has 0 radical (unpaired) electrons. The van der Waals surface area contributed by atoms with Gasteiger partial charge in [-0.3, -0.25) is 9.11 Å². The summed E-state index contributed by atoms with van der Waals surface area (Å²) in [6.45, 7) is 0. The first-order chi connectivity index (χ1) is 6.33. The fraction of sp³-hybridized carbons (Fsp3) is 0.143. The second-order valence-corrected chi connectivity index (χ2v) is 5.28. The van der Waals surface area contributed by atoms with Crippen molar-refractivity contribution in [3.05, 3.63) is 33.4 Å². The van der Waals surface area contributed by atoms with Gasteiger partial charge in [-0.2, -0.15) is 8.42 Å². The van der Waals surface area contributed by atoms with Crippen molar-refractivity contribution in [3.8, 4) is 0 Å². The molecule has 0 saturated carbocycles. The van der Waals surface area contributed by atoms with E-state index in [2.05, 4.69) is 46.9 Å². The van der Waals surface area contributed by atoms with Crippen LogP contribution >= 0.6 is 22.6 Å². The fourth-order valence-corrected chi connectivity index (χ4v) is 1.55. The first-order valence-electron chi connectivity index (χ1n) is 3.77. The van der Waals surface area contributed by atoms with Gasteiger partial charge in [-0.1, -0.05) is 0 Å². The van der Waals surface area contributed by atoms with Crippen molar-refractivity contribution >= 4 is 60.9 Å². The van der Waals surface area contributed by atoms with Crippen molar-refractivity contribution in [2.24, 2.45) is 0 Å². The van der Waals surface area contributed by atoms with Crippen LogP contribution in [0.4, 0.5) is 0 Å². The molecule has 2 N–H and O–H groups in total. The van der Waals surface area contributed by atoms with Gasteiger partial charge >= 0.3 is 98.0 Å². The number of hydrogen-bond acceptors (Lipinski definition) is 2. The predicted octanol–water partition coefficient (Wildman–Crippen LogP) is 1.31. The molecule has 0 saturated heterocycles. The van der Waals surface area contributed by atoms with Crippen LogP contribution in [0.5, 0.6) is 0 Å². The first kappa shape index (κ1) is 14.8. The average Bonchev–Trinajstić information content (AvgIpc) is 2.03. The molecule has 0 aromatic heterocycles. The van der Waals surface area contributed by atoms with Crippen molar-refractivity contribution in [2.45, 2.75) is 3.67 Å². The van der Waals surface area contributed by atoms with Crippen molar-refractivity contribution < 1.29 is 17.5 Å². The standard InChI is InChI=1S/C7H6I.Na.H2O4S/c1-6-2-4-7(8)5-3-6;;1-5(2,3)4/h2-5H,1H2;;(H2,1,2,3,4). The molecule has 0 aliphatic rings. The summed E-state index contributed by atoms with van der Waals surface area (Å²) < 4.78 is 34.2. The first-order valence-corrected chi connectivity index (χ1v) is 7.66. The Balaban J connectivity index is 0.000000292. The Morgan fingerprint density at radius 3 is 1.86 bits per heavy atom. The van der Waals surface area contributed by atoms with Crippen LogP contribution in [-0.4, -0.2) is 45.5 Å². The Labute approximate surface area is 114 Å². The summed E-state index contributed by atoms with van der Waals surface area (Å²) in [6.07, 6.45) is 0. The molecular formula is C7H8INaO4S. The van der Waals surface area contributed by atoms with Crippen LogP contribution in [0.3, 0.4) is 0 Å². The molecule has 0 aliphatic carbocycles. The van der Waals surface area contributed by atoms with Crippen LogP contribution in [0.2, 0.25) is 0 Å². The number of rotatable bonds is 1. The van der Waals surface area contributed by atoms with Crippen LogP contribution in [0.25, 0.3) is 0 Å². The van der Waals surface area contributed by atoms with E-state index in [0.29, 0.717) is 0 Å². The van der Waals surface area contributed by atoms with Gasteiger partial charge in [0, 0.05) is 0 Å². The minimum absolute atomic E-state index is 1.27. The quantitative estimate of drug-likeness (QED) is 0.460. The molecule has 1 aromatic carbocycles. The van der Waals surface area contributed by atoms with Crippen LogP contribution < -0.4 is 0 Å². The topological polar surface area (TPSA) is 74.6 Å². The van der Waals surface area contributed by atoms with Crippen LogP contribution in [0.15, 0.2) is 24.3 Å². The van der Waals surface area contributed by atoms with Gasteiger partial charge in [-0.05, 0) is 0 Å². The molecule has 1 rings (SSSR count). The Morgan fingerprint density at radius 1 is 1.21 bits per heavy atom. The van der Waals surface area contributed by atoms with E-state index >= 15 is 0 Å². The molecule has 1 aromatic rings. The molecule has 4 nitrogen and oxygen atoms in total. The van der Waals surface area contributed by atoms with Gasteiger partial charge in [0.05, 0.1) is 0 Å². The monoisotopic (exact) mass is 338 g/mol. The molecule has 0 heterocycles. The predicted molar refractivity (Wildman–Crippen MR) is 62.8 cm³/mol. The molecule has 0 aliphatic heterocycles. The van der Waals surface area contributed by atoms with E-state index < -0.39 is 10.4 Å². The van der Waals surface area contributed by atoms with Crippen LogP contribution in [-0.2, 0) is 14.1 Å². The number of halogens is 1. The summed E-state index contributed by atoms with van der Waals surface area (Å²) in [7, 11) is -4.67. The zero-order valence-corrected chi connectivity index (χ0v) is 12.5. The van der Waals surface area contributed by atoms with E-state index in [9.17, 15) is 0 Å². The van der Waals surface area contributed by atoms with Gasteiger partial charge in [0.2, 0.25) is 0 Å². The fourth-order valence-electron chi connectivity index (χ4n) is 0.720. The van der Waals surface area contributed by atoms with E-state index in [4.69, 9.17) is 17.5 Å². The minimum atomic E-state index is -4.67. The summed E-state index contributed by atoms with van der Waals surface area (Å²) >= 11 is 3.60. The summed E-state index contributed by atoms with van der Waals surface area (Å²) in [4.78, 5) is 0. The Morgan fingerprint density at radius 2 is 1.57 bits per heavy atom. The Hall–Kier alpha value is 0.820. The molecule has 0 spiro atoms. The SMILES string of the molecule is O=S(=O)(O)O.[Na][CH2]c1ccc(I)cc1. The summed E-state index contributed by atoms with van der Waals surface area (Å²) in [5.41, 5.74) is 1.47. The molecule has 0 unspecified atom stereocenters. The maximum absolute atomic E-state index is 8.74. The summed E-state index contributed by atoms with van der Waals surface area (Å²) in [5.74, 6) is 0. The summed E-state index contributed by atoms with van der Waals surface area (Å²) in [6, 6.07) is 8.73. The second-order valence-electron chi connectivity index (χ2n) is 2.43. The Bertz CT molecular complexity index is 354. The van der Waals surface area contributed by atoms with E-state index in [0.717, 1.165) is 0 Å². The molecule has 0 bridgehead atoms. The van der Waals surface area contributed by atoms with E-state index in [-0.39, 0.29) is 0 Å². The number of hydrogen-bond donors (Lipinski definition) is 2. The molecule has 0 amide bonds. The van der Waals surface area contributed by atoms with E-state index in [1.165, 1.54) is 40.7 Å². The van der Waals surface area contributed by atoms with Gasteiger partial charge in [-0.25, -0.2) is 0 Å². The van der Waals surface area contributed by atoms with Gasteiger partial charge in [-0.15, -0.1) is 0 Å². The zero-order valence-electron chi connectivity index (χ0n) is 7.51. The van der Waals surface area contributed by atoms with Crippen molar-refractivity contribution in [1.29, 1.82) is 0 Å². The molecular weight excluding hydrogens is 330 g/mol. The van der Waals surface area contributed by atoms with Gasteiger partial charge in [0.1, 0.15) is 0 Å². The van der Waals surface area contributed by atoms with E-state index in [1.807, 2.05) is 0 Å². The molecule has 0 atom stereocenters. The van der Waals surface area contributed by atoms with Crippen molar-refractivity contribution in [2.75, 3.05) is 0 Å². The van der Waals surface area contributed by atoms with E-state index in [1.54, 1.807) is 0 Å². The molecule has 74 valence electrons. The van der Waals surface area contributed by atoms with Crippen molar-refractivity contribution in [3.63, 3.8) is 0 Å². The average molecular weight is 338 g/mol. The second kappa shape index (κ2) is 7.15. The van der Waals surface area contributed by atoms with Gasteiger partial charge in [0.25, 0.3) is 0 Å². The molecule has 0 fully saturated rings. The van der Waals surface area contributed by atoms with Crippen LogP contribution in [0.1, 0.15) is 5.56 Å². The molecule has 7 heteroatoms. The third-order valence-electron chi connectivity index (χ3n) is 1.32. The third-order valence-corrected chi connectivity index (χ3v) is 2.86. The van der Waals surface area contributed by atoms with Crippen molar-refractivity contribution in [1.82, 2.24) is 0 Å². The maximum atomic E-state index is 8.74. The van der Waals surface area contributed by atoms with Crippen LogP contribution in [0, 0.1) is 3.57 Å².